The fourth-order valence-corrected chi connectivity index (χ4v) is 2.13. The highest BCUT2D eigenvalue weighted by Gasteiger charge is 2.20. The molecule has 2 aromatic rings. The molecule has 0 fully saturated rings. The van der Waals surface area contributed by atoms with Gasteiger partial charge in [-0.15, -0.1) is 0 Å². The Bertz CT molecular complexity index is 670. The zero-order valence-electron chi connectivity index (χ0n) is 12.7. The Hall–Kier alpha value is -2.32. The van der Waals surface area contributed by atoms with E-state index in [1.807, 2.05) is 0 Å². The summed E-state index contributed by atoms with van der Waals surface area (Å²) in [6, 6.07) is 4.92. The van der Waals surface area contributed by atoms with Gasteiger partial charge in [0.15, 0.2) is 5.82 Å². The Morgan fingerprint density at radius 1 is 1.43 bits per heavy atom. The Kier molecular flexibility index (Phi) is 5.41. The summed E-state index contributed by atoms with van der Waals surface area (Å²) in [6.45, 7) is 1.50. The van der Waals surface area contributed by atoms with Crippen molar-refractivity contribution < 1.29 is 23.2 Å². The SMILES string of the molecule is Cc1cc(NC(=O)CN(C)CC(O)c2c(F)cccc2F)no1. The van der Waals surface area contributed by atoms with Crippen LogP contribution < -0.4 is 5.32 Å². The lowest BCUT2D eigenvalue weighted by atomic mass is 10.1. The zero-order chi connectivity index (χ0) is 17.0. The van der Waals surface area contributed by atoms with Gasteiger partial charge in [0.2, 0.25) is 5.91 Å². The highest BCUT2D eigenvalue weighted by molar-refractivity contribution is 5.91. The zero-order valence-corrected chi connectivity index (χ0v) is 12.7. The predicted octanol–water partition coefficient (Wildman–Crippen LogP) is 1.87. The third-order valence-corrected chi connectivity index (χ3v) is 3.13. The third-order valence-electron chi connectivity index (χ3n) is 3.13. The van der Waals surface area contributed by atoms with Gasteiger partial charge in [-0.2, -0.15) is 0 Å². The van der Waals surface area contributed by atoms with Crippen molar-refractivity contribution in [3.63, 3.8) is 0 Å². The summed E-state index contributed by atoms with van der Waals surface area (Å²) in [4.78, 5) is 13.3. The van der Waals surface area contributed by atoms with Gasteiger partial charge in [0.05, 0.1) is 18.2 Å². The molecule has 1 heterocycles. The number of hydrogen-bond donors (Lipinski definition) is 2. The molecule has 2 N–H and O–H groups in total. The average Bonchev–Trinajstić information content (AvgIpc) is 2.83. The number of amides is 1. The van der Waals surface area contributed by atoms with Gasteiger partial charge in [-0.1, -0.05) is 11.2 Å². The molecule has 0 aliphatic heterocycles. The van der Waals surface area contributed by atoms with Crippen molar-refractivity contribution in [3.8, 4) is 0 Å². The lowest BCUT2D eigenvalue weighted by Crippen LogP contribution is -2.33. The van der Waals surface area contributed by atoms with E-state index < -0.39 is 23.3 Å². The lowest BCUT2D eigenvalue weighted by molar-refractivity contribution is -0.117. The first-order valence-corrected chi connectivity index (χ1v) is 6.90. The second-order valence-electron chi connectivity index (χ2n) is 5.22. The topological polar surface area (TPSA) is 78.6 Å². The molecule has 0 saturated carbocycles. The quantitative estimate of drug-likeness (QED) is 0.848. The van der Waals surface area contributed by atoms with E-state index in [1.54, 1.807) is 20.0 Å². The summed E-state index contributed by atoms with van der Waals surface area (Å²) in [6.07, 6.45) is -1.39. The van der Waals surface area contributed by atoms with Crippen LogP contribution in [0, 0.1) is 18.6 Å². The van der Waals surface area contributed by atoms with E-state index in [-0.39, 0.29) is 24.8 Å². The van der Waals surface area contributed by atoms with E-state index in [0.29, 0.717) is 5.76 Å². The fourth-order valence-electron chi connectivity index (χ4n) is 2.13. The fraction of sp³-hybridized carbons (Fsp3) is 0.333. The number of benzene rings is 1. The molecule has 0 saturated heterocycles. The van der Waals surface area contributed by atoms with Crippen molar-refractivity contribution in [3.05, 3.63) is 47.2 Å². The number of aromatic nitrogens is 1. The molecule has 0 bridgehead atoms. The monoisotopic (exact) mass is 325 g/mol. The molecule has 6 nitrogen and oxygen atoms in total. The van der Waals surface area contributed by atoms with Crippen LogP contribution in [0.2, 0.25) is 0 Å². The highest BCUT2D eigenvalue weighted by Crippen LogP contribution is 2.21. The number of nitrogens with one attached hydrogen (secondary N) is 1. The van der Waals surface area contributed by atoms with Crippen LogP contribution in [0.15, 0.2) is 28.8 Å². The average molecular weight is 325 g/mol. The predicted molar refractivity (Wildman–Crippen MR) is 78.7 cm³/mol. The van der Waals surface area contributed by atoms with Gasteiger partial charge >= 0.3 is 0 Å². The van der Waals surface area contributed by atoms with E-state index in [1.165, 1.54) is 11.0 Å². The standard InChI is InChI=1S/C15H17F2N3O3/c1-9-6-13(19-23-9)18-14(22)8-20(2)7-12(21)15-10(16)4-3-5-11(15)17/h3-6,12,21H,7-8H2,1-2H3,(H,18,19,22). The van der Waals surface area contributed by atoms with Crippen LogP contribution in [0.3, 0.4) is 0 Å². The van der Waals surface area contributed by atoms with Gasteiger partial charge in [-0.05, 0) is 26.1 Å². The number of anilines is 1. The highest BCUT2D eigenvalue weighted by atomic mass is 19.1. The number of aliphatic hydroxyl groups is 1. The van der Waals surface area contributed by atoms with Crippen molar-refractivity contribution in [1.82, 2.24) is 10.1 Å². The number of rotatable bonds is 6. The smallest absolute Gasteiger partial charge is 0.239 e. The Balaban J connectivity index is 1.91. The summed E-state index contributed by atoms with van der Waals surface area (Å²) in [5, 5.41) is 16.1. The minimum Gasteiger partial charge on any atom is -0.387 e. The van der Waals surface area contributed by atoms with Crippen LogP contribution in [0.4, 0.5) is 14.6 Å². The number of hydrogen-bond acceptors (Lipinski definition) is 5. The van der Waals surface area contributed by atoms with Crippen molar-refractivity contribution in [2.75, 3.05) is 25.5 Å². The Morgan fingerprint density at radius 2 is 2.09 bits per heavy atom. The van der Waals surface area contributed by atoms with Crippen LogP contribution in [0.5, 0.6) is 0 Å². The maximum atomic E-state index is 13.6. The van der Waals surface area contributed by atoms with Crippen molar-refractivity contribution in [2.24, 2.45) is 0 Å². The second-order valence-corrected chi connectivity index (χ2v) is 5.22. The molecule has 1 amide bonds. The van der Waals surface area contributed by atoms with Gasteiger partial charge in [0.25, 0.3) is 0 Å². The molecule has 1 aromatic carbocycles. The molecule has 0 radical (unpaired) electrons. The molecule has 23 heavy (non-hydrogen) atoms. The molecule has 1 aromatic heterocycles. The number of likely N-dealkylation sites (N-methyl/N-ethyl adjacent to an activating group) is 1. The summed E-state index contributed by atoms with van der Waals surface area (Å²) in [5.74, 6) is -1.20. The minimum atomic E-state index is -1.39. The van der Waals surface area contributed by atoms with Crippen LogP contribution in [-0.2, 0) is 4.79 Å². The maximum Gasteiger partial charge on any atom is 0.239 e. The molecule has 1 atom stereocenters. The molecule has 124 valence electrons. The minimum absolute atomic E-state index is 0.0843. The van der Waals surface area contributed by atoms with E-state index in [4.69, 9.17) is 4.52 Å². The number of carbonyl (C=O) groups is 1. The summed E-state index contributed by atoms with van der Waals surface area (Å²) >= 11 is 0. The first-order valence-electron chi connectivity index (χ1n) is 6.90. The second kappa shape index (κ2) is 7.30. The molecule has 2 rings (SSSR count). The lowest BCUT2D eigenvalue weighted by Gasteiger charge is -2.20. The molecule has 1 unspecified atom stereocenters. The molecule has 0 spiro atoms. The largest absolute Gasteiger partial charge is 0.387 e. The number of aryl methyl sites for hydroxylation is 1. The number of aliphatic hydroxyl groups excluding tert-OH is 1. The number of nitrogens with zero attached hydrogens (tertiary/aromatic N) is 2. The Labute approximate surface area is 131 Å². The van der Waals surface area contributed by atoms with Crippen LogP contribution >= 0.6 is 0 Å². The van der Waals surface area contributed by atoms with Gasteiger partial charge in [-0.3, -0.25) is 9.69 Å². The van der Waals surface area contributed by atoms with E-state index >= 15 is 0 Å². The number of carbonyl (C=O) groups excluding carboxylic acids is 1. The summed E-state index contributed by atoms with van der Waals surface area (Å²) in [7, 11) is 1.55. The molecular weight excluding hydrogens is 308 g/mol. The van der Waals surface area contributed by atoms with E-state index in [9.17, 15) is 18.7 Å². The van der Waals surface area contributed by atoms with Gasteiger partial charge in [0.1, 0.15) is 17.4 Å². The first-order chi connectivity index (χ1) is 10.9. The maximum absolute atomic E-state index is 13.6. The van der Waals surface area contributed by atoms with Crippen molar-refractivity contribution in [2.45, 2.75) is 13.0 Å². The van der Waals surface area contributed by atoms with Crippen LogP contribution in [-0.4, -0.2) is 41.2 Å². The molecular formula is C15H17F2N3O3. The van der Waals surface area contributed by atoms with Gasteiger partial charge in [0, 0.05) is 12.6 Å². The van der Waals surface area contributed by atoms with Crippen molar-refractivity contribution >= 4 is 11.7 Å². The first kappa shape index (κ1) is 17.0. The van der Waals surface area contributed by atoms with Gasteiger partial charge < -0.3 is 14.9 Å². The van der Waals surface area contributed by atoms with Crippen molar-refractivity contribution in [1.29, 1.82) is 0 Å². The van der Waals surface area contributed by atoms with Crippen LogP contribution in [0.25, 0.3) is 0 Å². The number of halogens is 2. The van der Waals surface area contributed by atoms with Gasteiger partial charge in [-0.25, -0.2) is 8.78 Å². The summed E-state index contributed by atoms with van der Waals surface area (Å²) in [5.41, 5.74) is -0.410. The van der Waals surface area contributed by atoms with Crippen LogP contribution in [0.1, 0.15) is 17.4 Å². The molecule has 8 heteroatoms. The van der Waals surface area contributed by atoms with E-state index in [0.717, 1.165) is 12.1 Å². The molecule has 0 aliphatic rings. The normalized spacial score (nSPS) is 12.4. The molecule has 0 aliphatic carbocycles. The Morgan fingerprint density at radius 3 is 2.65 bits per heavy atom. The third kappa shape index (κ3) is 4.57. The van der Waals surface area contributed by atoms with E-state index in [2.05, 4.69) is 10.5 Å². The summed E-state index contributed by atoms with van der Waals surface area (Å²) < 4.78 is 32.0.